The fourth-order valence-corrected chi connectivity index (χ4v) is 3.68. The van der Waals surface area contributed by atoms with E-state index in [1.54, 1.807) is 12.1 Å². The van der Waals surface area contributed by atoms with Gasteiger partial charge >= 0.3 is 6.18 Å². The summed E-state index contributed by atoms with van der Waals surface area (Å²) in [5.74, 6) is -0.308. The second-order valence-electron chi connectivity index (χ2n) is 6.19. The fraction of sp³-hybridized carbons (Fsp3) is 0.0476. The smallest absolute Gasteiger partial charge is 0.416 e. The number of rotatable bonds is 5. The van der Waals surface area contributed by atoms with Crippen LogP contribution in [0.5, 0.6) is 17.2 Å². The van der Waals surface area contributed by atoms with Gasteiger partial charge < -0.3 is 9.84 Å². The molecule has 0 saturated carbocycles. The molecule has 5 nitrogen and oxygen atoms in total. The number of amides is 1. The lowest BCUT2D eigenvalue weighted by Gasteiger charge is -2.10. The van der Waals surface area contributed by atoms with Crippen molar-refractivity contribution in [2.75, 3.05) is 0 Å². The molecule has 0 aliphatic carbocycles. The third-order valence-corrected chi connectivity index (χ3v) is 5.12. The predicted molar refractivity (Wildman–Crippen MR) is 117 cm³/mol. The molecule has 3 aromatic rings. The average molecular weight is 558 g/mol. The van der Waals surface area contributed by atoms with Crippen molar-refractivity contribution in [3.63, 3.8) is 0 Å². The second-order valence-corrected chi connectivity index (χ2v) is 7.90. The number of benzene rings is 3. The minimum Gasteiger partial charge on any atom is -0.506 e. The zero-order valence-electron chi connectivity index (χ0n) is 15.5. The maximum absolute atomic E-state index is 12.8. The van der Waals surface area contributed by atoms with Gasteiger partial charge in [0.2, 0.25) is 0 Å². The molecular weight excluding hydrogens is 545 g/mol. The zero-order valence-corrected chi connectivity index (χ0v) is 18.6. The number of hydrazone groups is 1. The number of hydrogen-bond donors (Lipinski definition) is 2. The van der Waals surface area contributed by atoms with Crippen LogP contribution in [0.25, 0.3) is 0 Å². The first-order valence-electron chi connectivity index (χ1n) is 8.60. The molecule has 0 atom stereocenters. The van der Waals surface area contributed by atoms with E-state index in [0.29, 0.717) is 14.5 Å². The van der Waals surface area contributed by atoms with Gasteiger partial charge in [0.25, 0.3) is 5.91 Å². The molecule has 0 aliphatic heterocycles. The summed E-state index contributed by atoms with van der Waals surface area (Å²) in [5, 5.41) is 13.6. The van der Waals surface area contributed by atoms with Crippen molar-refractivity contribution in [3.8, 4) is 17.2 Å². The highest BCUT2D eigenvalue weighted by molar-refractivity contribution is 9.11. The van der Waals surface area contributed by atoms with Crippen molar-refractivity contribution >= 4 is 44.0 Å². The summed E-state index contributed by atoms with van der Waals surface area (Å²) in [7, 11) is 0. The molecule has 10 heteroatoms. The van der Waals surface area contributed by atoms with Crippen LogP contribution in [0.4, 0.5) is 13.2 Å². The molecule has 0 heterocycles. The number of carbonyl (C=O) groups is 1. The predicted octanol–water partition coefficient (Wildman–Crippen LogP) is 6.49. The van der Waals surface area contributed by atoms with Crippen molar-refractivity contribution in [2.24, 2.45) is 5.10 Å². The number of hydrogen-bond acceptors (Lipinski definition) is 4. The highest BCUT2D eigenvalue weighted by Crippen LogP contribution is 2.33. The topological polar surface area (TPSA) is 70.9 Å². The van der Waals surface area contributed by atoms with Crippen molar-refractivity contribution in [2.45, 2.75) is 6.18 Å². The van der Waals surface area contributed by atoms with E-state index in [2.05, 4.69) is 42.4 Å². The zero-order chi connectivity index (χ0) is 22.6. The van der Waals surface area contributed by atoms with Gasteiger partial charge in [0.15, 0.2) is 0 Å². The van der Waals surface area contributed by atoms with E-state index in [0.717, 1.165) is 12.1 Å². The first-order chi connectivity index (χ1) is 14.6. The summed E-state index contributed by atoms with van der Waals surface area (Å²) in [6, 6.07) is 13.6. The van der Waals surface area contributed by atoms with Gasteiger partial charge in [0.1, 0.15) is 17.2 Å². The molecule has 160 valence electrons. The molecule has 0 aliphatic rings. The lowest BCUT2D eigenvalue weighted by molar-refractivity contribution is -0.137. The molecule has 0 unspecified atom stereocenters. The minimum atomic E-state index is -4.48. The van der Waals surface area contributed by atoms with Gasteiger partial charge in [-0.15, -0.1) is 0 Å². The molecule has 0 radical (unpaired) electrons. The van der Waals surface area contributed by atoms with Gasteiger partial charge in [-0.05, 0) is 86.0 Å². The van der Waals surface area contributed by atoms with Crippen molar-refractivity contribution < 1.29 is 27.8 Å². The number of aromatic hydroxyl groups is 1. The Labute approximate surface area is 191 Å². The molecule has 0 saturated heterocycles. The monoisotopic (exact) mass is 556 g/mol. The van der Waals surface area contributed by atoms with Crippen molar-refractivity contribution in [1.82, 2.24) is 5.43 Å². The maximum Gasteiger partial charge on any atom is 0.416 e. The van der Waals surface area contributed by atoms with Crippen LogP contribution in [-0.2, 0) is 6.18 Å². The molecule has 31 heavy (non-hydrogen) atoms. The normalized spacial score (nSPS) is 11.5. The summed E-state index contributed by atoms with van der Waals surface area (Å²) in [5.41, 5.74) is 2.33. The first kappa shape index (κ1) is 22.8. The van der Waals surface area contributed by atoms with Gasteiger partial charge in [-0.1, -0.05) is 12.1 Å². The van der Waals surface area contributed by atoms with E-state index in [9.17, 15) is 23.1 Å². The number of nitrogens with zero attached hydrogens (tertiary/aromatic N) is 1. The molecule has 0 bridgehead atoms. The van der Waals surface area contributed by atoms with E-state index in [1.165, 1.54) is 42.6 Å². The summed E-state index contributed by atoms with van der Waals surface area (Å²) in [6.45, 7) is 0. The molecule has 1 amide bonds. The van der Waals surface area contributed by atoms with E-state index >= 15 is 0 Å². The Hall–Kier alpha value is -2.85. The Kier molecular flexibility index (Phi) is 7.01. The lowest BCUT2D eigenvalue weighted by atomic mass is 10.2. The Morgan fingerprint density at radius 2 is 1.61 bits per heavy atom. The Morgan fingerprint density at radius 1 is 1.00 bits per heavy atom. The van der Waals surface area contributed by atoms with Crippen LogP contribution in [0.2, 0.25) is 0 Å². The average Bonchev–Trinajstić information content (AvgIpc) is 2.71. The Morgan fingerprint density at radius 3 is 2.26 bits per heavy atom. The van der Waals surface area contributed by atoms with Crippen LogP contribution in [0.15, 0.2) is 74.7 Å². The van der Waals surface area contributed by atoms with Crippen LogP contribution in [0, 0.1) is 0 Å². The number of halogens is 5. The SMILES string of the molecule is O=C(NN=Cc1cc(Br)c(O)c(Br)c1)c1cccc(Oc2cccc(C(F)(F)F)c2)c1. The number of carbonyl (C=O) groups excluding carboxylic acids is 1. The molecule has 0 fully saturated rings. The number of ether oxygens (including phenoxy) is 1. The molecule has 3 rings (SSSR count). The quantitative estimate of drug-likeness (QED) is 0.278. The van der Waals surface area contributed by atoms with Crippen LogP contribution in [0.3, 0.4) is 0 Å². The summed E-state index contributed by atoms with van der Waals surface area (Å²) < 4.78 is 44.9. The van der Waals surface area contributed by atoms with Crippen LogP contribution in [0.1, 0.15) is 21.5 Å². The van der Waals surface area contributed by atoms with E-state index in [4.69, 9.17) is 4.74 Å². The van der Waals surface area contributed by atoms with E-state index in [1.807, 2.05) is 0 Å². The molecule has 0 spiro atoms. The number of alkyl halides is 3. The van der Waals surface area contributed by atoms with Gasteiger partial charge in [-0.3, -0.25) is 4.79 Å². The highest BCUT2D eigenvalue weighted by atomic mass is 79.9. The van der Waals surface area contributed by atoms with Gasteiger partial charge in [-0.2, -0.15) is 18.3 Å². The maximum atomic E-state index is 12.8. The van der Waals surface area contributed by atoms with Gasteiger partial charge in [0.05, 0.1) is 20.7 Å². The Bertz CT molecular complexity index is 1130. The van der Waals surface area contributed by atoms with Crippen molar-refractivity contribution in [3.05, 3.63) is 86.3 Å². The molecule has 2 N–H and O–H groups in total. The third kappa shape index (κ3) is 6.08. The third-order valence-electron chi connectivity index (χ3n) is 3.91. The molecular formula is C21H13Br2F3N2O3. The van der Waals surface area contributed by atoms with E-state index < -0.39 is 17.6 Å². The highest BCUT2D eigenvalue weighted by Gasteiger charge is 2.30. The number of phenols is 1. The van der Waals surface area contributed by atoms with Crippen LogP contribution >= 0.6 is 31.9 Å². The van der Waals surface area contributed by atoms with Gasteiger partial charge in [0, 0.05) is 5.56 Å². The number of phenolic OH excluding ortho intramolecular Hbond substituents is 1. The molecule has 0 aromatic heterocycles. The summed E-state index contributed by atoms with van der Waals surface area (Å²) >= 11 is 6.40. The van der Waals surface area contributed by atoms with E-state index in [-0.39, 0.29) is 22.8 Å². The van der Waals surface area contributed by atoms with Gasteiger partial charge in [-0.25, -0.2) is 5.43 Å². The largest absolute Gasteiger partial charge is 0.506 e. The standard InChI is InChI=1S/C21H13Br2F3N2O3/c22-17-7-12(8-18(23)19(17)29)11-27-28-20(30)13-3-1-5-15(9-13)31-16-6-2-4-14(10-16)21(24,25)26/h1-11,29H,(H,28,30). The first-order valence-corrected chi connectivity index (χ1v) is 10.2. The number of nitrogens with one attached hydrogen (secondary N) is 1. The van der Waals surface area contributed by atoms with Crippen molar-refractivity contribution in [1.29, 1.82) is 0 Å². The Balaban J connectivity index is 1.69. The summed E-state index contributed by atoms with van der Waals surface area (Å²) in [4.78, 5) is 12.3. The fourth-order valence-electron chi connectivity index (χ4n) is 2.46. The summed E-state index contributed by atoms with van der Waals surface area (Å²) in [6.07, 6.45) is -3.10. The van der Waals surface area contributed by atoms with Crippen LogP contribution in [-0.4, -0.2) is 17.2 Å². The second kappa shape index (κ2) is 9.52. The minimum absolute atomic E-state index is 0.00566. The van der Waals surface area contributed by atoms with Crippen LogP contribution < -0.4 is 10.2 Å². The molecule has 3 aromatic carbocycles. The lowest BCUT2D eigenvalue weighted by Crippen LogP contribution is -2.17.